The summed E-state index contributed by atoms with van der Waals surface area (Å²) in [5.74, 6) is 2.76. The van der Waals surface area contributed by atoms with Crippen molar-refractivity contribution in [2.75, 3.05) is 20.2 Å². The molecule has 1 aromatic carbocycles. The van der Waals surface area contributed by atoms with Crippen LogP contribution >= 0.6 is 24.0 Å². The first-order valence-corrected chi connectivity index (χ1v) is 10.1. The maximum Gasteiger partial charge on any atom is 0.191 e. The highest BCUT2D eigenvalue weighted by Gasteiger charge is 2.07. The highest BCUT2D eigenvalue weighted by Crippen LogP contribution is 2.20. The van der Waals surface area contributed by atoms with E-state index in [-0.39, 0.29) is 24.0 Å². The van der Waals surface area contributed by atoms with Crippen molar-refractivity contribution in [2.45, 2.75) is 59.5 Å². The molecule has 0 saturated carbocycles. The summed E-state index contributed by atoms with van der Waals surface area (Å²) in [6.07, 6.45) is 4.54. The van der Waals surface area contributed by atoms with Gasteiger partial charge in [0.25, 0.3) is 0 Å². The Hall–Kier alpha value is -1.84. The zero-order valence-electron chi connectivity index (χ0n) is 18.2. The van der Waals surface area contributed by atoms with Gasteiger partial charge in [-0.05, 0) is 38.3 Å². The highest BCUT2D eigenvalue weighted by atomic mass is 127. The fraction of sp³-hybridized carbons (Fsp3) is 0.571. The molecule has 29 heavy (non-hydrogen) atoms. The maximum atomic E-state index is 5.47. The molecule has 2 aromatic rings. The van der Waals surface area contributed by atoms with Gasteiger partial charge in [-0.2, -0.15) is 0 Å². The molecule has 0 spiro atoms. The standard InChI is InChI=1S/C21H34N6O.HI/c1-6-17(4)25-21(23-12-13-27-15-24-26-20(27)7-2)22-11-10-18-14-16(3)8-9-19(18)28-5;/h8-9,14-15,17H,6-7,10-13H2,1-5H3,(H2,22,23,25);1H. The number of hydrogen-bond acceptors (Lipinski definition) is 4. The average molecular weight is 514 g/mol. The highest BCUT2D eigenvalue weighted by molar-refractivity contribution is 14.0. The molecule has 7 nitrogen and oxygen atoms in total. The maximum absolute atomic E-state index is 5.47. The largest absolute Gasteiger partial charge is 0.496 e. The molecule has 1 atom stereocenters. The van der Waals surface area contributed by atoms with Gasteiger partial charge in [0.1, 0.15) is 17.9 Å². The van der Waals surface area contributed by atoms with E-state index in [4.69, 9.17) is 9.73 Å². The zero-order chi connectivity index (χ0) is 20.4. The topological polar surface area (TPSA) is 76.4 Å². The molecule has 2 rings (SSSR count). The van der Waals surface area contributed by atoms with Crippen LogP contribution in [0.5, 0.6) is 5.75 Å². The molecule has 1 unspecified atom stereocenters. The number of nitrogens with zero attached hydrogens (tertiary/aromatic N) is 4. The van der Waals surface area contributed by atoms with Crippen LogP contribution in [0.4, 0.5) is 0 Å². The van der Waals surface area contributed by atoms with Crippen LogP contribution in [0, 0.1) is 6.92 Å². The monoisotopic (exact) mass is 514 g/mol. The molecule has 1 heterocycles. The third-order valence-electron chi connectivity index (χ3n) is 4.74. The lowest BCUT2D eigenvalue weighted by molar-refractivity contribution is 0.409. The second-order valence-corrected chi connectivity index (χ2v) is 6.97. The zero-order valence-corrected chi connectivity index (χ0v) is 20.6. The molecule has 1 aromatic heterocycles. The Morgan fingerprint density at radius 2 is 2.10 bits per heavy atom. The normalized spacial score (nSPS) is 12.2. The van der Waals surface area contributed by atoms with E-state index in [2.05, 4.69) is 65.2 Å². The third kappa shape index (κ3) is 8.20. The lowest BCUT2D eigenvalue weighted by Crippen LogP contribution is -2.43. The van der Waals surface area contributed by atoms with Gasteiger partial charge in [0, 0.05) is 32.1 Å². The first kappa shape index (κ1) is 25.2. The van der Waals surface area contributed by atoms with E-state index in [1.165, 1.54) is 11.1 Å². The molecule has 0 aliphatic heterocycles. The van der Waals surface area contributed by atoms with Crippen molar-refractivity contribution < 1.29 is 4.74 Å². The molecule has 0 radical (unpaired) electrons. The summed E-state index contributed by atoms with van der Waals surface area (Å²) < 4.78 is 7.55. The number of ether oxygens (including phenoxy) is 1. The van der Waals surface area contributed by atoms with Crippen LogP contribution in [-0.2, 0) is 19.4 Å². The molecule has 0 saturated heterocycles. The van der Waals surface area contributed by atoms with Crippen LogP contribution in [0.15, 0.2) is 29.5 Å². The van der Waals surface area contributed by atoms with Crippen LogP contribution in [-0.4, -0.2) is 47.0 Å². The number of halogens is 1. The number of aromatic nitrogens is 3. The fourth-order valence-corrected chi connectivity index (χ4v) is 2.91. The van der Waals surface area contributed by atoms with Crippen LogP contribution < -0.4 is 15.4 Å². The van der Waals surface area contributed by atoms with E-state index < -0.39 is 0 Å². The van der Waals surface area contributed by atoms with E-state index in [0.717, 1.165) is 49.9 Å². The molecule has 0 aliphatic carbocycles. The molecule has 0 fully saturated rings. The molecular weight excluding hydrogens is 479 g/mol. The van der Waals surface area contributed by atoms with Gasteiger partial charge in [-0.25, -0.2) is 0 Å². The van der Waals surface area contributed by atoms with Crippen molar-refractivity contribution in [3.05, 3.63) is 41.5 Å². The van der Waals surface area contributed by atoms with Crippen molar-refractivity contribution >= 4 is 29.9 Å². The van der Waals surface area contributed by atoms with Gasteiger partial charge in [0.2, 0.25) is 0 Å². The Morgan fingerprint density at radius 3 is 2.79 bits per heavy atom. The van der Waals surface area contributed by atoms with Crippen molar-refractivity contribution in [2.24, 2.45) is 4.99 Å². The van der Waals surface area contributed by atoms with E-state index in [1.807, 2.05) is 6.07 Å². The lowest BCUT2D eigenvalue weighted by Gasteiger charge is -2.17. The average Bonchev–Trinajstić information content (AvgIpc) is 3.15. The van der Waals surface area contributed by atoms with Gasteiger partial charge in [0.05, 0.1) is 7.11 Å². The second-order valence-electron chi connectivity index (χ2n) is 6.97. The Labute approximate surface area is 191 Å². The van der Waals surface area contributed by atoms with E-state index in [9.17, 15) is 0 Å². The van der Waals surface area contributed by atoms with Crippen molar-refractivity contribution in [1.29, 1.82) is 0 Å². The van der Waals surface area contributed by atoms with Crippen LogP contribution in [0.2, 0.25) is 0 Å². The van der Waals surface area contributed by atoms with Crippen LogP contribution in [0.1, 0.15) is 44.1 Å². The van der Waals surface area contributed by atoms with Crippen molar-refractivity contribution in [3.8, 4) is 5.75 Å². The van der Waals surface area contributed by atoms with Crippen molar-refractivity contribution in [1.82, 2.24) is 25.4 Å². The van der Waals surface area contributed by atoms with Gasteiger partial charge in [0.15, 0.2) is 5.96 Å². The van der Waals surface area contributed by atoms with Crippen molar-refractivity contribution in [3.63, 3.8) is 0 Å². The summed E-state index contributed by atoms with van der Waals surface area (Å²) in [5, 5.41) is 15.0. The fourth-order valence-electron chi connectivity index (χ4n) is 2.91. The Bertz CT molecular complexity index is 761. The SMILES string of the molecule is CCc1nncn1CCNC(=NCCc1cc(C)ccc1OC)NC(C)CC.I. The molecule has 0 aliphatic rings. The number of rotatable bonds is 10. The number of nitrogens with one attached hydrogen (secondary N) is 2. The summed E-state index contributed by atoms with van der Waals surface area (Å²) >= 11 is 0. The van der Waals surface area contributed by atoms with Crippen LogP contribution in [0.3, 0.4) is 0 Å². The minimum atomic E-state index is 0. The second kappa shape index (κ2) is 13.4. The number of hydrogen-bond donors (Lipinski definition) is 2. The minimum Gasteiger partial charge on any atom is -0.496 e. The third-order valence-corrected chi connectivity index (χ3v) is 4.74. The Balaban J connectivity index is 0.00000420. The molecule has 8 heteroatoms. The number of aryl methyl sites for hydroxylation is 2. The Morgan fingerprint density at radius 1 is 1.31 bits per heavy atom. The van der Waals surface area contributed by atoms with E-state index >= 15 is 0 Å². The van der Waals surface area contributed by atoms with Gasteiger partial charge >= 0.3 is 0 Å². The lowest BCUT2D eigenvalue weighted by atomic mass is 10.1. The predicted octanol–water partition coefficient (Wildman–Crippen LogP) is 3.35. The summed E-state index contributed by atoms with van der Waals surface area (Å²) in [7, 11) is 1.71. The van der Waals surface area contributed by atoms with Gasteiger partial charge in [-0.3, -0.25) is 4.99 Å². The molecule has 162 valence electrons. The molecule has 2 N–H and O–H groups in total. The summed E-state index contributed by atoms with van der Waals surface area (Å²) in [6.45, 7) is 10.8. The Kier molecular flexibility index (Phi) is 11.6. The predicted molar refractivity (Wildman–Crippen MR) is 129 cm³/mol. The quantitative estimate of drug-likeness (QED) is 0.289. The van der Waals surface area contributed by atoms with Crippen LogP contribution in [0.25, 0.3) is 0 Å². The smallest absolute Gasteiger partial charge is 0.191 e. The number of methoxy groups -OCH3 is 1. The number of guanidine groups is 1. The molecule has 0 amide bonds. The van der Waals surface area contributed by atoms with E-state index in [0.29, 0.717) is 12.6 Å². The molecule has 0 bridgehead atoms. The summed E-state index contributed by atoms with van der Waals surface area (Å²) in [4.78, 5) is 4.77. The summed E-state index contributed by atoms with van der Waals surface area (Å²) in [5.41, 5.74) is 2.42. The van der Waals surface area contributed by atoms with Gasteiger partial charge in [-0.1, -0.05) is 31.5 Å². The minimum absolute atomic E-state index is 0. The van der Waals surface area contributed by atoms with Gasteiger partial charge in [-0.15, -0.1) is 34.2 Å². The first-order chi connectivity index (χ1) is 13.6. The summed E-state index contributed by atoms with van der Waals surface area (Å²) in [6, 6.07) is 6.62. The first-order valence-electron chi connectivity index (χ1n) is 10.1. The van der Waals surface area contributed by atoms with E-state index in [1.54, 1.807) is 13.4 Å². The number of aliphatic imine (C=N–C) groups is 1. The molecular formula is C21H35IN6O. The van der Waals surface area contributed by atoms with Gasteiger partial charge < -0.3 is 19.9 Å². The number of benzene rings is 1.